The molecule has 0 aliphatic carbocycles. The molecule has 0 aromatic heterocycles. The maximum Gasteiger partial charge on any atom is 0.306 e. The molecule has 0 heterocycles. The van der Waals surface area contributed by atoms with Crippen LogP contribution >= 0.6 is 0 Å². The normalized spacial score (nSPS) is 11.0. The number of carbonyl (C=O) groups excluding carboxylic acids is 1. The molecule has 0 bridgehead atoms. The number of carbonyl (C=O) groups is 1. The predicted molar refractivity (Wildman–Crippen MR) is 137 cm³/mol. The molecule has 0 amide bonds. The number of aryl methyl sites for hydroxylation is 1. The Balaban J connectivity index is 1.55. The molecule has 8 heteroatoms. The summed E-state index contributed by atoms with van der Waals surface area (Å²) in [6.45, 7) is 2.82. The Kier molecular flexibility index (Phi) is 10.6. The third-order valence-corrected chi connectivity index (χ3v) is 5.19. The van der Waals surface area contributed by atoms with Crippen LogP contribution in [0, 0.1) is 0 Å². The number of nitrogens with two attached hydrogens (primary N) is 1. The van der Waals surface area contributed by atoms with E-state index in [9.17, 15) is 4.79 Å². The van der Waals surface area contributed by atoms with Gasteiger partial charge in [0.15, 0.2) is 0 Å². The first-order chi connectivity index (χ1) is 17.6. The molecule has 0 aliphatic rings. The molecule has 0 fully saturated rings. The first-order valence-corrected chi connectivity index (χ1v) is 11.7. The maximum atomic E-state index is 11.7. The molecule has 8 nitrogen and oxygen atoms in total. The van der Waals surface area contributed by atoms with E-state index in [0.29, 0.717) is 42.6 Å². The standard InChI is InChI=1S/C28H32N2O6/c1-3-33-28(31)16-12-23-11-15-25(17-27(23)36-20-29)34-18-21-9-13-24(14-10-21)35-19-26(30-32-2)22-7-5-4-6-8-22/h4-11,13-15,17H,3,12,16,18-20,29H2,1-2H3/b30-26+. The van der Waals surface area contributed by atoms with Crippen molar-refractivity contribution in [3.05, 3.63) is 89.5 Å². The topological polar surface area (TPSA) is 102 Å². The highest BCUT2D eigenvalue weighted by Crippen LogP contribution is 2.27. The Bertz CT molecular complexity index is 1120. The second kappa shape index (κ2) is 14.4. The minimum atomic E-state index is -0.244. The summed E-state index contributed by atoms with van der Waals surface area (Å²) in [6.07, 6.45) is 0.768. The second-order valence-electron chi connectivity index (χ2n) is 7.69. The van der Waals surface area contributed by atoms with Gasteiger partial charge >= 0.3 is 5.97 Å². The zero-order valence-electron chi connectivity index (χ0n) is 20.6. The summed E-state index contributed by atoms with van der Waals surface area (Å²) in [7, 11) is 1.51. The van der Waals surface area contributed by atoms with Crippen molar-refractivity contribution < 1.29 is 28.6 Å². The zero-order valence-corrected chi connectivity index (χ0v) is 20.6. The van der Waals surface area contributed by atoms with Crippen LogP contribution in [0.4, 0.5) is 0 Å². The van der Waals surface area contributed by atoms with Crippen LogP contribution in [0.25, 0.3) is 0 Å². The first-order valence-electron chi connectivity index (χ1n) is 11.7. The Morgan fingerprint density at radius 2 is 1.67 bits per heavy atom. The third-order valence-electron chi connectivity index (χ3n) is 5.19. The number of oxime groups is 1. The molecule has 2 N–H and O–H groups in total. The van der Waals surface area contributed by atoms with Gasteiger partial charge in [-0.25, -0.2) is 0 Å². The van der Waals surface area contributed by atoms with Gasteiger partial charge in [-0.15, -0.1) is 0 Å². The molecule has 0 spiro atoms. The van der Waals surface area contributed by atoms with E-state index in [-0.39, 0.29) is 25.7 Å². The van der Waals surface area contributed by atoms with Gasteiger partial charge in [0.1, 0.15) is 50.0 Å². The third kappa shape index (κ3) is 8.32. The molecule has 190 valence electrons. The number of benzene rings is 3. The van der Waals surface area contributed by atoms with Gasteiger partial charge in [0, 0.05) is 18.1 Å². The van der Waals surface area contributed by atoms with Gasteiger partial charge in [-0.3, -0.25) is 10.5 Å². The van der Waals surface area contributed by atoms with E-state index in [0.717, 1.165) is 16.7 Å². The molecule has 0 aliphatic heterocycles. The Morgan fingerprint density at radius 1 is 0.917 bits per heavy atom. The van der Waals surface area contributed by atoms with Gasteiger partial charge in [0.2, 0.25) is 0 Å². The smallest absolute Gasteiger partial charge is 0.306 e. The summed E-state index contributed by atoms with van der Waals surface area (Å²) in [4.78, 5) is 16.6. The first kappa shape index (κ1) is 26.6. The van der Waals surface area contributed by atoms with Gasteiger partial charge in [0.05, 0.1) is 6.61 Å². The van der Waals surface area contributed by atoms with E-state index in [4.69, 9.17) is 29.5 Å². The minimum Gasteiger partial charge on any atom is -0.489 e. The van der Waals surface area contributed by atoms with Crippen molar-refractivity contribution in [1.82, 2.24) is 0 Å². The van der Waals surface area contributed by atoms with Crippen LogP contribution in [0.1, 0.15) is 30.0 Å². The van der Waals surface area contributed by atoms with Crippen LogP contribution in [-0.4, -0.2) is 38.7 Å². The van der Waals surface area contributed by atoms with Crippen molar-refractivity contribution in [3.63, 3.8) is 0 Å². The molecule has 36 heavy (non-hydrogen) atoms. The summed E-state index contributed by atoms with van der Waals surface area (Å²) in [5, 5.41) is 4.08. The number of hydrogen-bond donors (Lipinski definition) is 1. The van der Waals surface area contributed by atoms with Crippen LogP contribution in [-0.2, 0) is 27.4 Å². The summed E-state index contributed by atoms with van der Waals surface area (Å²) >= 11 is 0. The molecular weight excluding hydrogens is 460 g/mol. The fourth-order valence-corrected chi connectivity index (χ4v) is 3.43. The molecule has 3 aromatic carbocycles. The number of ether oxygens (including phenoxy) is 4. The van der Waals surface area contributed by atoms with Crippen LogP contribution in [0.15, 0.2) is 78.0 Å². The van der Waals surface area contributed by atoms with Gasteiger partial charge in [-0.1, -0.05) is 53.7 Å². The average molecular weight is 493 g/mol. The summed E-state index contributed by atoms with van der Waals surface area (Å²) in [5.41, 5.74) is 9.06. The quantitative estimate of drug-likeness (QED) is 0.153. The van der Waals surface area contributed by atoms with Gasteiger partial charge in [-0.2, -0.15) is 0 Å². The average Bonchev–Trinajstić information content (AvgIpc) is 2.91. The number of rotatable bonds is 14. The van der Waals surface area contributed by atoms with Crippen LogP contribution < -0.4 is 19.9 Å². The van der Waals surface area contributed by atoms with Crippen molar-refractivity contribution in [2.75, 3.05) is 27.1 Å². The SMILES string of the molecule is CCOC(=O)CCc1ccc(OCc2ccc(OC/C(=N\OC)c3ccccc3)cc2)cc1OCN. The van der Waals surface area contributed by atoms with Crippen LogP contribution in [0.5, 0.6) is 17.2 Å². The lowest BCUT2D eigenvalue weighted by Gasteiger charge is -2.13. The van der Waals surface area contributed by atoms with E-state index in [1.807, 2.05) is 66.7 Å². The van der Waals surface area contributed by atoms with Gasteiger partial charge in [-0.05, 0) is 42.7 Å². The monoisotopic (exact) mass is 492 g/mol. The minimum absolute atomic E-state index is 0.0262. The fourth-order valence-electron chi connectivity index (χ4n) is 3.43. The molecular formula is C28H32N2O6. The highest BCUT2D eigenvalue weighted by Gasteiger charge is 2.10. The number of esters is 1. The lowest BCUT2D eigenvalue weighted by molar-refractivity contribution is -0.143. The second-order valence-corrected chi connectivity index (χ2v) is 7.69. The van der Waals surface area contributed by atoms with Crippen molar-refractivity contribution >= 4 is 11.7 Å². The van der Waals surface area contributed by atoms with E-state index in [2.05, 4.69) is 5.16 Å². The highest BCUT2D eigenvalue weighted by atomic mass is 16.6. The molecule has 0 unspecified atom stereocenters. The Hall–Kier alpha value is -4.04. The molecule has 0 atom stereocenters. The molecule has 3 aromatic rings. The van der Waals surface area contributed by atoms with Crippen molar-refractivity contribution in [1.29, 1.82) is 0 Å². The summed E-state index contributed by atoms with van der Waals surface area (Å²) in [5.74, 6) is 1.70. The number of hydrogen-bond acceptors (Lipinski definition) is 8. The van der Waals surface area contributed by atoms with Crippen molar-refractivity contribution in [2.24, 2.45) is 10.9 Å². The molecule has 0 radical (unpaired) electrons. The van der Waals surface area contributed by atoms with E-state index >= 15 is 0 Å². The van der Waals surface area contributed by atoms with Crippen LogP contribution in [0.2, 0.25) is 0 Å². The highest BCUT2D eigenvalue weighted by molar-refractivity contribution is 6.01. The molecule has 0 saturated carbocycles. The van der Waals surface area contributed by atoms with Gasteiger partial charge in [0.25, 0.3) is 0 Å². The van der Waals surface area contributed by atoms with E-state index < -0.39 is 0 Å². The van der Waals surface area contributed by atoms with Crippen LogP contribution in [0.3, 0.4) is 0 Å². The van der Waals surface area contributed by atoms with E-state index in [1.165, 1.54) is 7.11 Å². The Labute approximate surface area is 211 Å². The van der Waals surface area contributed by atoms with Gasteiger partial charge < -0.3 is 23.8 Å². The lowest BCUT2D eigenvalue weighted by Crippen LogP contribution is -2.13. The zero-order chi connectivity index (χ0) is 25.6. The number of nitrogens with zero attached hydrogens (tertiary/aromatic N) is 1. The van der Waals surface area contributed by atoms with E-state index in [1.54, 1.807) is 13.0 Å². The Morgan fingerprint density at radius 3 is 2.36 bits per heavy atom. The molecule has 3 rings (SSSR count). The largest absolute Gasteiger partial charge is 0.489 e. The maximum absolute atomic E-state index is 11.7. The fraction of sp³-hybridized carbons (Fsp3) is 0.286. The lowest BCUT2D eigenvalue weighted by atomic mass is 10.1. The molecule has 0 saturated heterocycles. The summed E-state index contributed by atoms with van der Waals surface area (Å²) < 4.78 is 22.4. The van der Waals surface area contributed by atoms with Crippen molar-refractivity contribution in [3.8, 4) is 17.2 Å². The summed E-state index contributed by atoms with van der Waals surface area (Å²) in [6, 6.07) is 22.9. The predicted octanol–water partition coefficient (Wildman–Crippen LogP) is 4.49. The van der Waals surface area contributed by atoms with Crippen molar-refractivity contribution in [2.45, 2.75) is 26.4 Å².